The maximum atomic E-state index is 11.6. The highest BCUT2D eigenvalue weighted by Gasteiger charge is 2.39. The second-order valence-corrected chi connectivity index (χ2v) is 6.23. The Morgan fingerprint density at radius 2 is 2.05 bits per heavy atom. The number of hydrogen-bond acceptors (Lipinski definition) is 6. The third-order valence-corrected chi connectivity index (χ3v) is 3.08. The molecule has 0 radical (unpaired) electrons. The van der Waals surface area contributed by atoms with E-state index in [0.29, 0.717) is 12.3 Å². The molecule has 0 bridgehead atoms. The molecule has 2 N–H and O–H groups in total. The lowest BCUT2D eigenvalue weighted by atomic mass is 10.2. The van der Waals surface area contributed by atoms with Gasteiger partial charge in [-0.15, -0.1) is 0 Å². The summed E-state index contributed by atoms with van der Waals surface area (Å²) in [4.78, 5) is 22.9. The van der Waals surface area contributed by atoms with Crippen LogP contribution in [0, 0.1) is 0 Å². The number of rotatable bonds is 5. The van der Waals surface area contributed by atoms with E-state index in [4.69, 9.17) is 9.15 Å². The first-order chi connectivity index (χ1) is 10.3. The van der Waals surface area contributed by atoms with Crippen LogP contribution in [0.3, 0.4) is 0 Å². The van der Waals surface area contributed by atoms with Gasteiger partial charge in [-0.3, -0.25) is 0 Å². The van der Waals surface area contributed by atoms with Crippen molar-refractivity contribution in [3.63, 3.8) is 0 Å². The van der Waals surface area contributed by atoms with Gasteiger partial charge >= 0.3 is 12.1 Å². The van der Waals surface area contributed by atoms with E-state index < -0.39 is 17.7 Å². The molecule has 0 aliphatic heterocycles. The molecule has 1 saturated carbocycles. The van der Waals surface area contributed by atoms with E-state index in [1.807, 2.05) is 20.8 Å². The fourth-order valence-electron chi connectivity index (χ4n) is 1.95. The molecule has 1 aromatic heterocycles. The topological polar surface area (TPSA) is 89.8 Å². The Morgan fingerprint density at radius 1 is 1.32 bits per heavy atom. The number of nitrogens with one attached hydrogen (secondary N) is 2. The first-order valence-electron chi connectivity index (χ1n) is 7.18. The lowest BCUT2D eigenvalue weighted by Gasteiger charge is -2.19. The lowest BCUT2D eigenvalue weighted by molar-refractivity contribution is 0.0519. The molecule has 1 aromatic rings. The normalized spacial score (nSPS) is 20.4. The van der Waals surface area contributed by atoms with E-state index in [2.05, 4.69) is 15.4 Å². The van der Waals surface area contributed by atoms with Gasteiger partial charge in [0.15, 0.2) is 0 Å². The van der Waals surface area contributed by atoms with Crippen LogP contribution in [0.4, 0.5) is 4.79 Å². The smallest absolute Gasteiger partial charge is 0.407 e. The molecule has 1 aliphatic rings. The first kappa shape index (κ1) is 16.4. The van der Waals surface area contributed by atoms with Crippen LogP contribution in [0.25, 0.3) is 0 Å². The number of carbonyl (C=O) groups excluding carboxylic acids is 2. The van der Waals surface area contributed by atoms with Crippen molar-refractivity contribution in [2.45, 2.75) is 51.4 Å². The summed E-state index contributed by atoms with van der Waals surface area (Å²) in [5.74, 6) is 0.323. The summed E-state index contributed by atoms with van der Waals surface area (Å²) in [6, 6.07) is 3.54. The predicted octanol–water partition coefficient (Wildman–Crippen LogP) is 1.82. The Balaban J connectivity index is 1.70. The van der Waals surface area contributed by atoms with E-state index in [0.717, 1.165) is 6.42 Å². The highest BCUT2D eigenvalue weighted by molar-refractivity contribution is 5.86. The molecule has 1 amide bonds. The minimum atomic E-state index is -0.500. The van der Waals surface area contributed by atoms with Crippen molar-refractivity contribution in [2.75, 3.05) is 7.11 Å². The number of alkyl carbamates (subject to hydrolysis) is 1. The molecule has 0 aromatic carbocycles. The van der Waals surface area contributed by atoms with Crippen LogP contribution in [0.5, 0.6) is 0 Å². The van der Waals surface area contributed by atoms with Crippen LogP contribution in [0.1, 0.15) is 43.5 Å². The van der Waals surface area contributed by atoms with Crippen LogP contribution in [-0.2, 0) is 16.0 Å². The largest absolute Gasteiger partial charge is 0.463 e. The van der Waals surface area contributed by atoms with Crippen LogP contribution in [-0.4, -0.2) is 36.9 Å². The summed E-state index contributed by atoms with van der Waals surface area (Å²) in [6.45, 7) is 5.95. The molecule has 22 heavy (non-hydrogen) atoms. The number of hydrogen-bond donors (Lipinski definition) is 2. The fraction of sp³-hybridized carbons (Fsp3) is 0.600. The molecular weight excluding hydrogens is 288 g/mol. The van der Waals surface area contributed by atoms with Gasteiger partial charge in [-0.05, 0) is 39.3 Å². The molecule has 2 rings (SSSR count). The summed E-state index contributed by atoms with van der Waals surface area (Å²) >= 11 is 0. The Labute approximate surface area is 129 Å². The van der Waals surface area contributed by atoms with E-state index in [1.54, 1.807) is 12.1 Å². The summed E-state index contributed by atoms with van der Waals surface area (Å²) < 4.78 is 15.1. The van der Waals surface area contributed by atoms with Crippen molar-refractivity contribution in [3.8, 4) is 0 Å². The standard InChI is InChI=1S/C15H22N2O5/c1-15(2,3)22-14(19)17-11-7-10(11)16-8-9-5-6-12(21-9)13(18)20-4/h5-6,10-11,16H,7-8H2,1-4H3,(H,17,19). The SMILES string of the molecule is COC(=O)c1ccc(CNC2CC2NC(=O)OC(C)(C)C)o1. The van der Waals surface area contributed by atoms with Crippen molar-refractivity contribution < 1.29 is 23.5 Å². The van der Waals surface area contributed by atoms with Gasteiger partial charge in [-0.2, -0.15) is 0 Å². The van der Waals surface area contributed by atoms with E-state index in [1.165, 1.54) is 7.11 Å². The Kier molecular flexibility index (Phi) is 4.75. The number of carbonyl (C=O) groups is 2. The van der Waals surface area contributed by atoms with Crippen molar-refractivity contribution in [3.05, 3.63) is 23.7 Å². The number of furan rings is 1. The van der Waals surface area contributed by atoms with Gasteiger partial charge in [0.1, 0.15) is 11.4 Å². The third-order valence-electron chi connectivity index (χ3n) is 3.08. The molecular formula is C15H22N2O5. The van der Waals surface area contributed by atoms with Crippen molar-refractivity contribution in [1.29, 1.82) is 0 Å². The zero-order chi connectivity index (χ0) is 16.3. The van der Waals surface area contributed by atoms with Gasteiger partial charge in [-0.1, -0.05) is 0 Å². The van der Waals surface area contributed by atoms with Crippen molar-refractivity contribution in [1.82, 2.24) is 10.6 Å². The van der Waals surface area contributed by atoms with Gasteiger partial charge in [0, 0.05) is 12.1 Å². The third kappa shape index (κ3) is 4.77. The molecule has 7 nitrogen and oxygen atoms in total. The first-order valence-corrected chi connectivity index (χ1v) is 7.18. The average molecular weight is 310 g/mol. The second kappa shape index (κ2) is 6.39. The van der Waals surface area contributed by atoms with Crippen LogP contribution in [0.2, 0.25) is 0 Å². The monoisotopic (exact) mass is 310 g/mol. The highest BCUT2D eigenvalue weighted by Crippen LogP contribution is 2.22. The molecule has 1 aliphatic carbocycles. The summed E-state index contributed by atoms with van der Waals surface area (Å²) in [5.41, 5.74) is -0.500. The Bertz CT molecular complexity index is 546. The second-order valence-electron chi connectivity index (χ2n) is 6.23. The molecule has 7 heteroatoms. The van der Waals surface area contributed by atoms with Gasteiger partial charge in [0.25, 0.3) is 0 Å². The molecule has 0 saturated heterocycles. The quantitative estimate of drug-likeness (QED) is 0.806. The number of ether oxygens (including phenoxy) is 2. The van der Waals surface area contributed by atoms with Crippen molar-refractivity contribution >= 4 is 12.1 Å². The predicted molar refractivity (Wildman–Crippen MR) is 78.4 cm³/mol. The van der Waals surface area contributed by atoms with Crippen LogP contribution < -0.4 is 10.6 Å². The Hall–Kier alpha value is -2.02. The maximum Gasteiger partial charge on any atom is 0.407 e. The lowest BCUT2D eigenvalue weighted by Crippen LogP contribution is -2.36. The molecule has 1 heterocycles. The molecule has 0 spiro atoms. The zero-order valence-corrected chi connectivity index (χ0v) is 13.3. The molecule has 2 atom stereocenters. The average Bonchev–Trinajstić information content (AvgIpc) is 2.97. The van der Waals surface area contributed by atoms with Crippen LogP contribution >= 0.6 is 0 Å². The maximum absolute atomic E-state index is 11.6. The van der Waals surface area contributed by atoms with E-state index in [9.17, 15) is 9.59 Å². The number of esters is 1. The van der Waals surface area contributed by atoms with Crippen molar-refractivity contribution in [2.24, 2.45) is 0 Å². The van der Waals surface area contributed by atoms with E-state index >= 15 is 0 Å². The van der Waals surface area contributed by atoms with E-state index in [-0.39, 0.29) is 17.8 Å². The Morgan fingerprint density at radius 3 is 2.68 bits per heavy atom. The number of methoxy groups -OCH3 is 1. The van der Waals surface area contributed by atoms with Gasteiger partial charge in [0.05, 0.1) is 13.7 Å². The zero-order valence-electron chi connectivity index (χ0n) is 13.3. The fourth-order valence-corrected chi connectivity index (χ4v) is 1.95. The van der Waals surface area contributed by atoms with Crippen LogP contribution in [0.15, 0.2) is 16.5 Å². The molecule has 1 fully saturated rings. The summed E-state index contributed by atoms with van der Waals surface area (Å²) in [5, 5.41) is 6.05. The minimum absolute atomic E-state index is 0.0601. The molecule has 2 unspecified atom stereocenters. The van der Waals surface area contributed by atoms with Gasteiger partial charge in [0.2, 0.25) is 5.76 Å². The molecule has 122 valence electrons. The van der Waals surface area contributed by atoms with Gasteiger partial charge in [-0.25, -0.2) is 9.59 Å². The summed E-state index contributed by atoms with van der Waals surface area (Å²) in [7, 11) is 1.31. The number of amides is 1. The van der Waals surface area contributed by atoms with Gasteiger partial charge < -0.3 is 24.5 Å². The minimum Gasteiger partial charge on any atom is -0.463 e. The highest BCUT2D eigenvalue weighted by atomic mass is 16.6. The summed E-state index contributed by atoms with van der Waals surface area (Å²) in [6.07, 6.45) is 0.428.